The van der Waals surface area contributed by atoms with Gasteiger partial charge in [0, 0.05) is 27.7 Å². The third-order valence-corrected chi connectivity index (χ3v) is 4.85. The van der Waals surface area contributed by atoms with E-state index in [9.17, 15) is 19.2 Å². The van der Waals surface area contributed by atoms with Crippen molar-refractivity contribution in [1.29, 1.82) is 0 Å². The van der Waals surface area contributed by atoms with Gasteiger partial charge in [-0.05, 0) is 33.6 Å². The van der Waals surface area contributed by atoms with Crippen molar-refractivity contribution in [2.45, 2.75) is 92.0 Å². The lowest BCUT2D eigenvalue weighted by molar-refractivity contribution is -0.275. The molecule has 34 heavy (non-hydrogen) atoms. The van der Waals surface area contributed by atoms with Gasteiger partial charge < -0.3 is 29.0 Å². The van der Waals surface area contributed by atoms with Gasteiger partial charge in [-0.2, -0.15) is 0 Å². The lowest BCUT2D eigenvalue weighted by atomic mass is 9.96. The molecule has 1 aliphatic heterocycles. The van der Waals surface area contributed by atoms with E-state index in [0.29, 0.717) is 0 Å². The molecular formula is C24H37NO9. The molecule has 0 spiro atoms. The zero-order chi connectivity index (χ0) is 25.8. The van der Waals surface area contributed by atoms with E-state index < -0.39 is 54.5 Å². The Morgan fingerprint density at radius 3 is 2.00 bits per heavy atom. The van der Waals surface area contributed by atoms with E-state index in [1.54, 1.807) is 0 Å². The fraction of sp³-hybridized carbons (Fsp3) is 0.667. The molecule has 1 aliphatic rings. The lowest BCUT2D eigenvalue weighted by Crippen LogP contribution is -2.66. The fourth-order valence-corrected chi connectivity index (χ4v) is 3.41. The molecule has 10 nitrogen and oxygen atoms in total. The molecule has 0 saturated carbocycles. The summed E-state index contributed by atoms with van der Waals surface area (Å²) in [7, 11) is 0. The van der Waals surface area contributed by atoms with Gasteiger partial charge in [0.1, 0.15) is 18.8 Å². The monoisotopic (exact) mass is 483 g/mol. The second kappa shape index (κ2) is 14.5. The molecule has 1 fully saturated rings. The van der Waals surface area contributed by atoms with Crippen LogP contribution in [-0.2, 0) is 42.9 Å². The number of allylic oxidation sites excluding steroid dienone is 3. The molecule has 0 aliphatic carbocycles. The number of ether oxygens (including phenoxy) is 5. The Labute approximate surface area is 201 Å². The van der Waals surface area contributed by atoms with E-state index in [4.69, 9.17) is 23.7 Å². The zero-order valence-electron chi connectivity index (χ0n) is 21.0. The van der Waals surface area contributed by atoms with E-state index in [1.165, 1.54) is 33.3 Å². The van der Waals surface area contributed by atoms with Crippen LogP contribution in [0.4, 0.5) is 0 Å². The highest BCUT2D eigenvalue weighted by molar-refractivity contribution is 5.73. The van der Waals surface area contributed by atoms with Gasteiger partial charge in [-0.25, -0.2) is 0 Å². The van der Waals surface area contributed by atoms with Crippen molar-refractivity contribution in [3.05, 3.63) is 23.3 Å². The largest absolute Gasteiger partial charge is 0.463 e. The number of hydrogen-bond donors (Lipinski definition) is 1. The summed E-state index contributed by atoms with van der Waals surface area (Å²) in [5, 5.41) is 2.67. The summed E-state index contributed by atoms with van der Waals surface area (Å²) in [5.74, 6) is -2.30. The maximum Gasteiger partial charge on any atom is 0.303 e. The van der Waals surface area contributed by atoms with Gasteiger partial charge in [0.25, 0.3) is 0 Å². The molecule has 10 heteroatoms. The lowest BCUT2D eigenvalue weighted by Gasteiger charge is -2.44. The molecular weight excluding hydrogens is 446 g/mol. The first-order chi connectivity index (χ1) is 15.9. The Morgan fingerprint density at radius 1 is 0.853 bits per heavy atom. The topological polar surface area (TPSA) is 126 Å². The number of esters is 3. The normalized spacial score (nSPS) is 24.6. The minimum atomic E-state index is -1.14. The fourth-order valence-electron chi connectivity index (χ4n) is 3.41. The number of carbonyl (C=O) groups is 4. The van der Waals surface area contributed by atoms with Crippen molar-refractivity contribution >= 4 is 23.8 Å². The van der Waals surface area contributed by atoms with Crippen LogP contribution in [0, 0.1) is 0 Å². The van der Waals surface area contributed by atoms with Gasteiger partial charge in [0.2, 0.25) is 5.91 Å². The van der Waals surface area contributed by atoms with Gasteiger partial charge in [-0.3, -0.25) is 19.2 Å². The summed E-state index contributed by atoms with van der Waals surface area (Å²) >= 11 is 0. The highest BCUT2D eigenvalue weighted by Gasteiger charge is 2.51. The van der Waals surface area contributed by atoms with Gasteiger partial charge in [-0.15, -0.1) is 0 Å². The van der Waals surface area contributed by atoms with Crippen LogP contribution >= 0.6 is 0 Å². The zero-order valence-corrected chi connectivity index (χ0v) is 21.0. The maximum absolute atomic E-state index is 11.9. The van der Waals surface area contributed by atoms with Crippen LogP contribution in [-0.4, -0.2) is 67.7 Å². The molecule has 0 aromatic rings. The van der Waals surface area contributed by atoms with Crippen molar-refractivity contribution < 1.29 is 42.9 Å². The first-order valence-electron chi connectivity index (χ1n) is 11.2. The number of nitrogens with one attached hydrogen (secondary N) is 1. The van der Waals surface area contributed by atoms with Crippen LogP contribution in [0.25, 0.3) is 0 Å². The molecule has 1 rings (SSSR count). The third-order valence-electron chi connectivity index (χ3n) is 4.85. The van der Waals surface area contributed by atoms with Crippen LogP contribution in [0.2, 0.25) is 0 Å². The Balaban J connectivity index is 3.15. The summed E-state index contributed by atoms with van der Waals surface area (Å²) in [6.07, 6.45) is 1.47. The van der Waals surface area contributed by atoms with Crippen LogP contribution in [0.3, 0.4) is 0 Å². The van der Waals surface area contributed by atoms with Crippen LogP contribution in [0.1, 0.15) is 61.3 Å². The molecule has 1 amide bonds. The van der Waals surface area contributed by atoms with E-state index in [-0.39, 0.29) is 13.2 Å². The smallest absolute Gasteiger partial charge is 0.303 e. The molecule has 192 valence electrons. The van der Waals surface area contributed by atoms with Crippen LogP contribution in [0.15, 0.2) is 23.3 Å². The molecule has 1 N–H and O–H groups in total. The average molecular weight is 484 g/mol. The predicted molar refractivity (Wildman–Crippen MR) is 122 cm³/mol. The molecule has 0 bridgehead atoms. The van der Waals surface area contributed by atoms with Gasteiger partial charge in [-0.1, -0.05) is 23.3 Å². The Bertz CT molecular complexity index is 785. The van der Waals surface area contributed by atoms with Crippen molar-refractivity contribution in [2.24, 2.45) is 0 Å². The van der Waals surface area contributed by atoms with Crippen molar-refractivity contribution in [3.63, 3.8) is 0 Å². The number of rotatable bonds is 11. The predicted octanol–water partition coefficient (Wildman–Crippen LogP) is 2.35. The van der Waals surface area contributed by atoms with Gasteiger partial charge in [0.15, 0.2) is 18.5 Å². The molecule has 1 heterocycles. The molecule has 0 radical (unpaired) electrons. The summed E-state index contributed by atoms with van der Waals surface area (Å²) in [6.45, 7) is 10.9. The van der Waals surface area contributed by atoms with Gasteiger partial charge >= 0.3 is 17.9 Å². The Morgan fingerprint density at radius 2 is 1.47 bits per heavy atom. The Hall–Kier alpha value is -2.72. The number of carbonyl (C=O) groups excluding carboxylic acids is 4. The summed E-state index contributed by atoms with van der Waals surface area (Å²) in [4.78, 5) is 46.9. The molecule has 1 saturated heterocycles. The van der Waals surface area contributed by atoms with E-state index >= 15 is 0 Å². The third kappa shape index (κ3) is 10.9. The SMILES string of the molecule is CC(=O)N[C@H]1C(OC(C)=O)[C@H](OC(C)=O)C(COC(C)=O)O[C@H]1OC/C=C(\C)CCC=C(C)C. The van der Waals surface area contributed by atoms with Crippen molar-refractivity contribution in [2.75, 3.05) is 13.2 Å². The minimum Gasteiger partial charge on any atom is -0.463 e. The summed E-state index contributed by atoms with van der Waals surface area (Å²) in [5.41, 5.74) is 2.35. The van der Waals surface area contributed by atoms with Crippen molar-refractivity contribution in [1.82, 2.24) is 5.32 Å². The standard InChI is InChI=1S/C24H37NO9/c1-14(2)9-8-10-15(3)11-12-30-24-21(25-16(4)26)23(33-19(7)29)22(32-18(6)28)20(34-24)13-31-17(5)27/h9,11,20-24H,8,10,12-13H2,1-7H3,(H,25,26)/b15-11+/t20?,21-,22+,23?,24+/m0/s1. The van der Waals surface area contributed by atoms with E-state index in [0.717, 1.165) is 18.4 Å². The quantitative estimate of drug-likeness (QED) is 0.268. The number of amides is 1. The van der Waals surface area contributed by atoms with E-state index in [2.05, 4.69) is 11.4 Å². The molecule has 0 aromatic heterocycles. The van der Waals surface area contributed by atoms with Crippen LogP contribution in [0.5, 0.6) is 0 Å². The minimum absolute atomic E-state index is 0.159. The molecule has 0 aromatic carbocycles. The average Bonchev–Trinajstić information content (AvgIpc) is 2.69. The molecule has 2 unspecified atom stereocenters. The molecule has 5 atom stereocenters. The number of hydrogen-bond acceptors (Lipinski definition) is 9. The summed E-state index contributed by atoms with van der Waals surface area (Å²) < 4.78 is 27.7. The second-order valence-corrected chi connectivity index (χ2v) is 8.42. The van der Waals surface area contributed by atoms with Crippen molar-refractivity contribution in [3.8, 4) is 0 Å². The first kappa shape index (κ1) is 29.3. The highest BCUT2D eigenvalue weighted by atomic mass is 16.7. The maximum atomic E-state index is 11.9. The van der Waals surface area contributed by atoms with Gasteiger partial charge in [0.05, 0.1) is 6.61 Å². The highest BCUT2D eigenvalue weighted by Crippen LogP contribution is 2.28. The summed E-state index contributed by atoms with van der Waals surface area (Å²) in [6, 6.07) is -0.973. The van der Waals surface area contributed by atoms with E-state index in [1.807, 2.05) is 26.8 Å². The Kier molecular flexibility index (Phi) is 12.5. The van der Waals surface area contributed by atoms with Crippen LogP contribution < -0.4 is 5.32 Å². The second-order valence-electron chi connectivity index (χ2n) is 8.42. The first-order valence-corrected chi connectivity index (χ1v) is 11.2.